The highest BCUT2D eigenvalue weighted by Crippen LogP contribution is 2.53. The van der Waals surface area contributed by atoms with Crippen molar-refractivity contribution in [2.24, 2.45) is 0 Å². The van der Waals surface area contributed by atoms with E-state index < -0.39 is 11.8 Å². The van der Waals surface area contributed by atoms with Gasteiger partial charge in [0.15, 0.2) is 5.82 Å². The largest absolute Gasteiger partial charge is 0.496 e. The Morgan fingerprint density at radius 3 is 1.62 bits per heavy atom. The minimum atomic E-state index is -0.573. The lowest BCUT2D eigenvalue weighted by Gasteiger charge is -2.18. The molecule has 0 spiro atoms. The minimum absolute atomic E-state index is 0.361. The van der Waals surface area contributed by atoms with Crippen LogP contribution in [-0.2, 0) is 0 Å². The fourth-order valence-electron chi connectivity index (χ4n) is 5.73. The fraction of sp³-hybridized carbons (Fsp3) is 0.0938. The molecular formula is C32H17Cl6N3O. The van der Waals surface area contributed by atoms with Crippen LogP contribution in [0.25, 0.3) is 32.2 Å². The Morgan fingerprint density at radius 1 is 0.571 bits per heavy atom. The van der Waals surface area contributed by atoms with Crippen LogP contribution in [0.15, 0.2) is 82.9 Å². The molecule has 2 aliphatic rings. The van der Waals surface area contributed by atoms with Crippen molar-refractivity contribution < 1.29 is 4.74 Å². The van der Waals surface area contributed by atoms with Gasteiger partial charge in [-0.05, 0) is 40.8 Å². The van der Waals surface area contributed by atoms with E-state index in [1.54, 1.807) is 19.2 Å². The van der Waals surface area contributed by atoms with E-state index in [4.69, 9.17) is 89.3 Å². The third-order valence-corrected chi connectivity index (χ3v) is 10.0. The highest BCUT2D eigenvalue weighted by Gasteiger charge is 2.38. The summed E-state index contributed by atoms with van der Waals surface area (Å²) < 4.78 is 5.63. The molecule has 0 bridgehead atoms. The number of fused-ring (bicyclic) bond motifs is 3. The SMILES string of the molecule is COc1ccc(-c2nc(C3C(Cl)=C(Cl)c4c(Cl)cccc43)nc(C3C(Cl)=C(Cl)c4c(Cl)cccc43)n2)c2ccccc12. The lowest BCUT2D eigenvalue weighted by molar-refractivity contribution is 0.420. The smallest absolute Gasteiger partial charge is 0.164 e. The zero-order chi connectivity index (χ0) is 29.3. The number of methoxy groups -OCH3 is 1. The van der Waals surface area contributed by atoms with Gasteiger partial charge >= 0.3 is 0 Å². The topological polar surface area (TPSA) is 47.9 Å². The summed E-state index contributed by atoms with van der Waals surface area (Å²) in [7, 11) is 1.64. The van der Waals surface area contributed by atoms with Gasteiger partial charge in [0.1, 0.15) is 17.4 Å². The lowest BCUT2D eigenvalue weighted by Crippen LogP contribution is -2.14. The zero-order valence-corrected chi connectivity index (χ0v) is 26.1. The van der Waals surface area contributed by atoms with Crippen molar-refractivity contribution in [2.45, 2.75) is 11.8 Å². The molecule has 2 unspecified atom stereocenters. The Labute approximate surface area is 271 Å². The maximum absolute atomic E-state index is 6.90. The Hall–Kier alpha value is -2.83. The molecule has 0 saturated carbocycles. The summed E-state index contributed by atoms with van der Waals surface area (Å²) in [6.07, 6.45) is 0. The molecule has 4 nitrogen and oxygen atoms in total. The monoisotopic (exact) mass is 669 g/mol. The summed E-state index contributed by atoms with van der Waals surface area (Å²) in [5.74, 6) is 0.817. The van der Waals surface area contributed by atoms with Gasteiger partial charge in [-0.25, -0.2) is 15.0 Å². The molecule has 0 fully saturated rings. The van der Waals surface area contributed by atoms with Crippen LogP contribution in [0.4, 0.5) is 0 Å². The molecule has 7 rings (SSSR count). The number of halogens is 6. The zero-order valence-electron chi connectivity index (χ0n) is 21.6. The van der Waals surface area contributed by atoms with E-state index in [1.165, 1.54) is 0 Å². The Morgan fingerprint density at radius 2 is 1.10 bits per heavy atom. The van der Waals surface area contributed by atoms with Gasteiger partial charge < -0.3 is 4.74 Å². The summed E-state index contributed by atoms with van der Waals surface area (Å²) in [5, 5.41) is 4.27. The highest BCUT2D eigenvalue weighted by atomic mass is 35.5. The van der Waals surface area contributed by atoms with E-state index in [-0.39, 0.29) is 0 Å². The Kier molecular flexibility index (Phi) is 7.13. The molecule has 2 aliphatic carbocycles. The average Bonchev–Trinajstić information content (AvgIpc) is 3.41. The molecule has 4 aromatic carbocycles. The number of hydrogen-bond acceptors (Lipinski definition) is 4. The first-order valence-electron chi connectivity index (χ1n) is 12.8. The molecule has 1 heterocycles. The van der Waals surface area contributed by atoms with Gasteiger partial charge in [-0.1, -0.05) is 118 Å². The van der Waals surface area contributed by atoms with Crippen molar-refractivity contribution >= 4 is 90.4 Å². The third kappa shape index (κ3) is 4.23. The molecule has 0 amide bonds. The normalized spacial score (nSPS) is 17.7. The van der Waals surface area contributed by atoms with Gasteiger partial charge in [-0.15, -0.1) is 0 Å². The summed E-state index contributed by atoms with van der Waals surface area (Å²) >= 11 is 40.3. The molecule has 208 valence electrons. The number of hydrogen-bond donors (Lipinski definition) is 0. The number of allylic oxidation sites excluding steroid dienone is 2. The summed E-state index contributed by atoms with van der Waals surface area (Å²) in [6, 6.07) is 22.8. The van der Waals surface area contributed by atoms with Crippen molar-refractivity contribution in [2.75, 3.05) is 7.11 Å². The first-order chi connectivity index (χ1) is 20.3. The van der Waals surface area contributed by atoms with Crippen LogP contribution in [0.5, 0.6) is 5.75 Å². The van der Waals surface area contributed by atoms with Gasteiger partial charge in [0.2, 0.25) is 0 Å². The number of nitrogens with zero attached hydrogens (tertiary/aromatic N) is 3. The number of aromatic nitrogens is 3. The van der Waals surface area contributed by atoms with Gasteiger partial charge in [0.05, 0.1) is 39.1 Å². The molecule has 0 saturated heterocycles. The second kappa shape index (κ2) is 10.7. The molecule has 2 atom stereocenters. The van der Waals surface area contributed by atoms with E-state index >= 15 is 0 Å². The van der Waals surface area contributed by atoms with Gasteiger partial charge in [0, 0.05) is 32.1 Å². The van der Waals surface area contributed by atoms with Crippen molar-refractivity contribution in [3.8, 4) is 17.1 Å². The fourth-order valence-corrected chi connectivity index (χ4v) is 7.64. The van der Waals surface area contributed by atoms with E-state index in [0.717, 1.165) is 33.2 Å². The molecule has 42 heavy (non-hydrogen) atoms. The molecule has 10 heteroatoms. The molecule has 1 aromatic heterocycles. The van der Waals surface area contributed by atoms with E-state index in [0.29, 0.717) is 58.8 Å². The summed E-state index contributed by atoms with van der Waals surface area (Å²) in [4.78, 5) is 15.0. The molecular weight excluding hydrogens is 655 g/mol. The van der Waals surface area contributed by atoms with Crippen LogP contribution in [0.2, 0.25) is 10.0 Å². The van der Waals surface area contributed by atoms with Crippen LogP contribution in [0.3, 0.4) is 0 Å². The quantitative estimate of drug-likeness (QED) is 0.191. The first kappa shape index (κ1) is 28.0. The predicted octanol–water partition coefficient (Wildman–Crippen LogP) is 10.6. The van der Waals surface area contributed by atoms with Gasteiger partial charge in [0.25, 0.3) is 0 Å². The van der Waals surface area contributed by atoms with E-state index in [9.17, 15) is 0 Å². The Balaban J connectivity index is 1.52. The predicted molar refractivity (Wildman–Crippen MR) is 173 cm³/mol. The minimum Gasteiger partial charge on any atom is -0.496 e. The summed E-state index contributed by atoms with van der Waals surface area (Å²) in [5.41, 5.74) is 3.70. The lowest BCUT2D eigenvalue weighted by atomic mass is 9.97. The number of ether oxygens (including phenoxy) is 1. The first-order valence-corrected chi connectivity index (χ1v) is 15.1. The number of benzene rings is 4. The van der Waals surface area contributed by atoms with Gasteiger partial charge in [-0.2, -0.15) is 0 Å². The van der Waals surface area contributed by atoms with Crippen LogP contribution >= 0.6 is 69.6 Å². The maximum atomic E-state index is 6.90. The molecule has 0 N–H and O–H groups in total. The van der Waals surface area contributed by atoms with Crippen molar-refractivity contribution in [3.63, 3.8) is 0 Å². The highest BCUT2D eigenvalue weighted by molar-refractivity contribution is 6.58. The maximum Gasteiger partial charge on any atom is 0.164 e. The third-order valence-electron chi connectivity index (χ3n) is 7.61. The van der Waals surface area contributed by atoms with Crippen molar-refractivity contribution in [3.05, 3.63) is 127 Å². The van der Waals surface area contributed by atoms with E-state index in [1.807, 2.05) is 60.7 Å². The average molecular weight is 672 g/mol. The standard InChI is InChI=1S/C32H17Cl6N3O/c1-42-21-13-12-16(14-6-2-3-7-15(14)21)30-39-31(24-17-8-4-10-19(33)22(17)26(35)28(24)37)41-32(40-30)25-18-9-5-11-20(34)23(18)27(36)29(25)38/h2-13,24-25H,1H3. The van der Waals surface area contributed by atoms with Crippen molar-refractivity contribution in [1.29, 1.82) is 0 Å². The van der Waals surface area contributed by atoms with Crippen LogP contribution in [-0.4, -0.2) is 22.1 Å². The molecule has 0 aliphatic heterocycles. The van der Waals surface area contributed by atoms with Crippen molar-refractivity contribution in [1.82, 2.24) is 15.0 Å². The second-order valence-corrected chi connectivity index (χ2v) is 12.2. The van der Waals surface area contributed by atoms with Crippen LogP contribution < -0.4 is 4.74 Å². The molecule has 5 aromatic rings. The number of rotatable bonds is 4. The van der Waals surface area contributed by atoms with Crippen LogP contribution in [0.1, 0.15) is 45.7 Å². The molecule has 0 radical (unpaired) electrons. The second-order valence-electron chi connectivity index (χ2n) is 9.83. The van der Waals surface area contributed by atoms with Gasteiger partial charge in [-0.3, -0.25) is 0 Å². The van der Waals surface area contributed by atoms with Crippen LogP contribution in [0, 0.1) is 0 Å². The Bertz CT molecular complexity index is 1920. The van der Waals surface area contributed by atoms with E-state index in [2.05, 4.69) is 0 Å². The summed E-state index contributed by atoms with van der Waals surface area (Å²) in [6.45, 7) is 0.